The normalized spacial score (nSPS) is 16.7. The largest absolute Gasteiger partial charge is 0.487 e. The molecule has 0 atom stereocenters. The molecule has 2 aliphatic rings. The van der Waals surface area contributed by atoms with Crippen molar-refractivity contribution in [3.8, 4) is 5.75 Å². The van der Waals surface area contributed by atoms with Crippen LogP contribution >= 0.6 is 11.6 Å². The van der Waals surface area contributed by atoms with E-state index < -0.39 is 16.7 Å². The van der Waals surface area contributed by atoms with Crippen LogP contribution < -0.4 is 15.0 Å². The van der Waals surface area contributed by atoms with Crippen molar-refractivity contribution in [3.63, 3.8) is 0 Å². The molecule has 0 bridgehead atoms. The molecule has 226 valence electrons. The van der Waals surface area contributed by atoms with E-state index in [9.17, 15) is 28.1 Å². The number of benzene rings is 2. The minimum atomic E-state index is -4.50. The maximum absolute atomic E-state index is 13.2. The summed E-state index contributed by atoms with van der Waals surface area (Å²) in [7, 11) is 0. The molecule has 0 unspecified atom stereocenters. The number of nitrogens with zero attached hydrogens (tertiary/aromatic N) is 4. The van der Waals surface area contributed by atoms with Crippen LogP contribution in [0.3, 0.4) is 0 Å². The number of piperazine rings is 1. The first-order valence-electron chi connectivity index (χ1n) is 13.3. The third-order valence-electron chi connectivity index (χ3n) is 7.31. The van der Waals surface area contributed by atoms with Crippen molar-refractivity contribution >= 4 is 34.6 Å². The third kappa shape index (κ3) is 8.38. The van der Waals surface area contributed by atoms with Gasteiger partial charge < -0.3 is 19.9 Å². The Bertz CT molecular complexity index is 1200. The molecule has 0 aliphatic carbocycles. The fraction of sp³-hybridized carbons (Fsp3) is 0.536. The van der Waals surface area contributed by atoms with Crippen LogP contribution in [0.4, 0.5) is 30.2 Å². The standard InChI is InChI=1S/C27H33ClF3N5O4.CH4/c1-2-40-25-17-20(3-6-24(25)36(38)39)32-19-7-11-35(12-8-19)26(37)9-10-33-13-15-34(16-14-33)21-4-5-23(28)22(18-21)27(29,30)31;/h3-6,17-19,32H,2,7-16H2,1H3;1H4. The number of nitrogens with one attached hydrogen (secondary N) is 1. The number of hydrogen-bond donors (Lipinski definition) is 1. The Morgan fingerprint density at radius 1 is 1.10 bits per heavy atom. The average Bonchev–Trinajstić information content (AvgIpc) is 2.92. The van der Waals surface area contributed by atoms with Crippen molar-refractivity contribution < 1.29 is 27.6 Å². The van der Waals surface area contributed by atoms with Crippen LogP contribution in [0.15, 0.2) is 36.4 Å². The summed E-state index contributed by atoms with van der Waals surface area (Å²) in [6, 6.07) is 8.86. The van der Waals surface area contributed by atoms with Crippen molar-refractivity contribution in [3.05, 3.63) is 57.1 Å². The van der Waals surface area contributed by atoms with E-state index in [1.165, 1.54) is 12.1 Å². The summed E-state index contributed by atoms with van der Waals surface area (Å²) < 4.78 is 45.0. The fourth-order valence-electron chi connectivity index (χ4n) is 5.10. The Labute approximate surface area is 243 Å². The summed E-state index contributed by atoms with van der Waals surface area (Å²) in [6.45, 7) is 6.38. The number of alkyl halides is 3. The van der Waals surface area contributed by atoms with E-state index in [1.54, 1.807) is 25.1 Å². The monoisotopic (exact) mass is 599 g/mol. The van der Waals surface area contributed by atoms with Gasteiger partial charge in [0, 0.05) is 81.8 Å². The molecule has 0 radical (unpaired) electrons. The van der Waals surface area contributed by atoms with Gasteiger partial charge in [0.05, 0.1) is 22.1 Å². The predicted octanol–water partition coefficient (Wildman–Crippen LogP) is 5.92. The van der Waals surface area contributed by atoms with Crippen LogP contribution in [0.25, 0.3) is 0 Å². The zero-order chi connectivity index (χ0) is 28.9. The highest BCUT2D eigenvalue weighted by Crippen LogP contribution is 2.37. The molecule has 13 heteroatoms. The minimum Gasteiger partial charge on any atom is -0.487 e. The number of piperidine rings is 1. The summed E-state index contributed by atoms with van der Waals surface area (Å²) in [4.78, 5) is 29.5. The Balaban J connectivity index is 0.00000462. The number of rotatable bonds is 9. The van der Waals surface area contributed by atoms with Crippen LogP contribution in [0.2, 0.25) is 5.02 Å². The lowest BCUT2D eigenvalue weighted by Crippen LogP contribution is -2.48. The molecule has 0 aromatic heterocycles. The van der Waals surface area contributed by atoms with Gasteiger partial charge in [-0.05, 0) is 44.0 Å². The van der Waals surface area contributed by atoms with Crippen molar-refractivity contribution in [1.82, 2.24) is 9.80 Å². The SMILES string of the molecule is C.CCOc1cc(NC2CCN(C(=O)CCN3CCN(c4ccc(Cl)c(C(F)(F)F)c4)CC3)CC2)ccc1[N+](=O)[O-]. The Kier molecular flexibility index (Phi) is 11.1. The zero-order valence-corrected chi connectivity index (χ0v) is 23.0. The van der Waals surface area contributed by atoms with Crippen molar-refractivity contribution in [2.75, 3.05) is 62.6 Å². The lowest BCUT2D eigenvalue weighted by atomic mass is 10.0. The van der Waals surface area contributed by atoms with Gasteiger partial charge in [-0.25, -0.2) is 0 Å². The van der Waals surface area contributed by atoms with E-state index in [1.807, 2.05) is 9.80 Å². The van der Waals surface area contributed by atoms with E-state index in [4.69, 9.17) is 16.3 Å². The maximum Gasteiger partial charge on any atom is 0.417 e. The van der Waals surface area contributed by atoms with Crippen LogP contribution in [0, 0.1) is 10.1 Å². The van der Waals surface area contributed by atoms with Gasteiger partial charge >= 0.3 is 11.9 Å². The molecule has 41 heavy (non-hydrogen) atoms. The number of hydrogen-bond acceptors (Lipinski definition) is 7. The summed E-state index contributed by atoms with van der Waals surface area (Å²) in [5, 5.41) is 14.3. The molecule has 0 saturated carbocycles. The van der Waals surface area contributed by atoms with E-state index >= 15 is 0 Å². The lowest BCUT2D eigenvalue weighted by Gasteiger charge is -2.37. The lowest BCUT2D eigenvalue weighted by molar-refractivity contribution is -0.385. The Morgan fingerprint density at radius 3 is 2.39 bits per heavy atom. The summed E-state index contributed by atoms with van der Waals surface area (Å²) in [5.41, 5.74) is 0.328. The van der Waals surface area contributed by atoms with Gasteiger partial charge in [-0.2, -0.15) is 13.2 Å². The van der Waals surface area contributed by atoms with E-state index in [2.05, 4.69) is 10.2 Å². The van der Waals surface area contributed by atoms with Gasteiger partial charge in [0.1, 0.15) is 0 Å². The topological polar surface area (TPSA) is 91.2 Å². The van der Waals surface area contributed by atoms with Crippen LogP contribution in [0.5, 0.6) is 5.75 Å². The number of carbonyl (C=O) groups is 1. The molecule has 9 nitrogen and oxygen atoms in total. The van der Waals surface area contributed by atoms with Gasteiger partial charge in [0.25, 0.3) is 0 Å². The van der Waals surface area contributed by atoms with Crippen molar-refractivity contribution in [2.45, 2.75) is 45.8 Å². The van der Waals surface area contributed by atoms with Crippen LogP contribution in [0.1, 0.15) is 39.2 Å². The van der Waals surface area contributed by atoms with Gasteiger partial charge in [-0.1, -0.05) is 19.0 Å². The highest BCUT2D eigenvalue weighted by molar-refractivity contribution is 6.31. The molecular formula is C28H37ClF3N5O4. The molecule has 2 heterocycles. The summed E-state index contributed by atoms with van der Waals surface area (Å²) in [5.74, 6) is 0.313. The number of carbonyl (C=O) groups excluding carboxylic acids is 1. The quantitative estimate of drug-likeness (QED) is 0.283. The molecule has 1 N–H and O–H groups in total. The average molecular weight is 600 g/mol. The molecule has 2 aliphatic heterocycles. The van der Waals surface area contributed by atoms with Gasteiger partial charge in [0.15, 0.2) is 5.75 Å². The predicted molar refractivity (Wildman–Crippen MR) is 154 cm³/mol. The van der Waals surface area contributed by atoms with Gasteiger partial charge in [0.2, 0.25) is 5.91 Å². The number of ether oxygens (including phenoxy) is 1. The molecule has 2 fully saturated rings. The first kappa shape index (κ1) is 32.3. The first-order chi connectivity index (χ1) is 19.0. The van der Waals surface area contributed by atoms with Crippen molar-refractivity contribution in [2.24, 2.45) is 0 Å². The fourth-order valence-corrected chi connectivity index (χ4v) is 5.33. The first-order valence-corrected chi connectivity index (χ1v) is 13.7. The molecule has 4 rings (SSSR count). The van der Waals surface area contributed by atoms with Crippen molar-refractivity contribution in [1.29, 1.82) is 0 Å². The zero-order valence-electron chi connectivity index (χ0n) is 22.3. The van der Waals surface area contributed by atoms with Gasteiger partial charge in [-0.3, -0.25) is 19.8 Å². The minimum absolute atomic E-state index is 0. The number of amides is 1. The van der Waals surface area contributed by atoms with Gasteiger partial charge in [-0.15, -0.1) is 0 Å². The van der Waals surface area contributed by atoms with Crippen LogP contribution in [-0.2, 0) is 11.0 Å². The molecule has 0 spiro atoms. The second-order valence-corrected chi connectivity index (χ2v) is 10.3. The van der Waals surface area contributed by atoms with E-state index in [0.717, 1.165) is 24.6 Å². The summed E-state index contributed by atoms with van der Waals surface area (Å²) >= 11 is 5.74. The Hall–Kier alpha value is -3.25. The second-order valence-electron chi connectivity index (χ2n) is 9.91. The van der Waals surface area contributed by atoms with E-state index in [-0.39, 0.29) is 35.8 Å². The second kappa shape index (κ2) is 14.1. The maximum atomic E-state index is 13.2. The van der Waals surface area contributed by atoms with Crippen LogP contribution in [-0.4, -0.2) is 79.1 Å². The highest BCUT2D eigenvalue weighted by Gasteiger charge is 2.34. The number of anilines is 2. The van der Waals surface area contributed by atoms with E-state index in [0.29, 0.717) is 64.5 Å². The number of likely N-dealkylation sites (tertiary alicyclic amines) is 1. The number of nitro benzene ring substituents is 1. The smallest absolute Gasteiger partial charge is 0.417 e. The number of nitro groups is 1. The number of halogens is 4. The summed E-state index contributed by atoms with van der Waals surface area (Å²) in [6.07, 6.45) is -2.60. The molecule has 2 saturated heterocycles. The Morgan fingerprint density at radius 2 is 1.78 bits per heavy atom. The third-order valence-corrected chi connectivity index (χ3v) is 7.64. The molecular weight excluding hydrogens is 563 g/mol. The molecule has 1 amide bonds. The molecule has 2 aromatic carbocycles. The highest BCUT2D eigenvalue weighted by atomic mass is 35.5. The molecule has 2 aromatic rings.